The number of azo groups is 1. The normalized spacial score (nSPS) is 17.4. The van der Waals surface area contributed by atoms with Gasteiger partial charge < -0.3 is 0 Å². The van der Waals surface area contributed by atoms with Gasteiger partial charge >= 0.3 is 0 Å². The summed E-state index contributed by atoms with van der Waals surface area (Å²) in [6.07, 6.45) is 6.12. The van der Waals surface area contributed by atoms with E-state index in [0.29, 0.717) is 12.8 Å². The minimum Gasteiger partial charge on any atom is -0.196 e. The lowest BCUT2D eigenvalue weighted by Gasteiger charge is -2.21. The highest BCUT2D eigenvalue weighted by Crippen LogP contribution is 2.26. The predicted octanol–water partition coefficient (Wildman–Crippen LogP) is 4.77. The van der Waals surface area contributed by atoms with Crippen molar-refractivity contribution in [1.82, 2.24) is 0 Å². The molecule has 0 saturated heterocycles. The van der Waals surface area contributed by atoms with Crippen LogP contribution >= 0.6 is 0 Å². The Kier molecular flexibility index (Phi) is 8.00. The van der Waals surface area contributed by atoms with Gasteiger partial charge in [-0.15, -0.1) is 0 Å². The fourth-order valence-electron chi connectivity index (χ4n) is 1.94. The van der Waals surface area contributed by atoms with Crippen molar-refractivity contribution in [3.05, 3.63) is 0 Å². The molecule has 0 aliphatic rings. The first-order chi connectivity index (χ1) is 9.01. The van der Waals surface area contributed by atoms with Crippen molar-refractivity contribution < 1.29 is 0 Å². The van der Waals surface area contributed by atoms with Crippen LogP contribution in [0.4, 0.5) is 0 Å². The molecule has 106 valence electrons. The van der Waals surface area contributed by atoms with Crippen LogP contribution in [0.5, 0.6) is 0 Å². The Labute approximate surface area is 117 Å². The molecule has 0 N–H and O–H groups in total. The molecule has 0 aromatic carbocycles. The van der Waals surface area contributed by atoms with E-state index in [1.165, 1.54) is 0 Å². The van der Waals surface area contributed by atoms with Gasteiger partial charge in [0.25, 0.3) is 0 Å². The highest BCUT2D eigenvalue weighted by molar-refractivity contribution is 5.08. The monoisotopic (exact) mass is 262 g/mol. The Morgan fingerprint density at radius 2 is 1.58 bits per heavy atom. The van der Waals surface area contributed by atoms with Gasteiger partial charge in [-0.3, -0.25) is 0 Å². The van der Waals surface area contributed by atoms with Crippen molar-refractivity contribution in [3.8, 4) is 12.1 Å². The summed E-state index contributed by atoms with van der Waals surface area (Å²) >= 11 is 0. The summed E-state index contributed by atoms with van der Waals surface area (Å²) in [7, 11) is 0. The van der Waals surface area contributed by atoms with Crippen molar-refractivity contribution >= 4 is 0 Å². The molecule has 19 heavy (non-hydrogen) atoms. The summed E-state index contributed by atoms with van der Waals surface area (Å²) in [6, 6.07) is 4.49. The first kappa shape index (κ1) is 17.6. The third-order valence-electron chi connectivity index (χ3n) is 3.43. The molecule has 2 atom stereocenters. The summed E-state index contributed by atoms with van der Waals surface area (Å²) in [4.78, 5) is 0. The van der Waals surface area contributed by atoms with E-state index in [2.05, 4.69) is 29.3 Å². The van der Waals surface area contributed by atoms with E-state index >= 15 is 0 Å². The molecule has 0 saturated carbocycles. The van der Waals surface area contributed by atoms with E-state index in [0.717, 1.165) is 32.1 Å². The number of hydrogen-bond donors (Lipinski definition) is 0. The summed E-state index contributed by atoms with van der Waals surface area (Å²) in [5, 5.41) is 27.0. The van der Waals surface area contributed by atoms with Crippen molar-refractivity contribution in [2.24, 2.45) is 10.2 Å². The molecule has 0 bridgehead atoms. The second-order valence-corrected chi connectivity index (χ2v) is 5.29. The molecule has 0 aliphatic carbocycles. The average Bonchev–Trinajstić information content (AvgIpc) is 2.43. The second-order valence-electron chi connectivity index (χ2n) is 5.29. The van der Waals surface area contributed by atoms with Crippen molar-refractivity contribution in [1.29, 1.82) is 10.5 Å². The van der Waals surface area contributed by atoms with Crippen LogP contribution in [-0.2, 0) is 0 Å². The second kappa shape index (κ2) is 8.64. The first-order valence-electron chi connectivity index (χ1n) is 7.28. The van der Waals surface area contributed by atoms with E-state index in [1.54, 1.807) is 6.92 Å². The number of nitrogens with zero attached hydrogens (tertiary/aromatic N) is 4. The molecule has 0 spiro atoms. The van der Waals surface area contributed by atoms with Crippen molar-refractivity contribution in [2.45, 2.75) is 83.7 Å². The third kappa shape index (κ3) is 5.83. The van der Waals surface area contributed by atoms with Crippen molar-refractivity contribution in [3.63, 3.8) is 0 Å². The highest BCUT2D eigenvalue weighted by Gasteiger charge is 2.30. The standard InChI is InChI=1S/C15H26N4/c1-5-8-9-11-15(7-3,13-17)19-18-14(4,12-16)10-6-2/h5-11H2,1-4H3/b19-18+. The molecule has 2 unspecified atom stereocenters. The lowest BCUT2D eigenvalue weighted by molar-refractivity contribution is 0.404. The van der Waals surface area contributed by atoms with E-state index < -0.39 is 11.1 Å². The quantitative estimate of drug-likeness (QED) is 0.443. The molecule has 0 aromatic heterocycles. The topological polar surface area (TPSA) is 72.3 Å². The number of rotatable bonds is 9. The molecule has 4 heteroatoms. The van der Waals surface area contributed by atoms with Gasteiger partial charge in [0.05, 0.1) is 12.1 Å². The summed E-state index contributed by atoms with van der Waals surface area (Å²) in [6.45, 7) is 7.89. The van der Waals surface area contributed by atoms with Gasteiger partial charge in [-0.1, -0.05) is 40.0 Å². The number of nitriles is 2. The van der Waals surface area contributed by atoms with Crippen LogP contribution in [-0.4, -0.2) is 11.1 Å². The number of unbranched alkanes of at least 4 members (excludes halogenated alkanes) is 2. The lowest BCUT2D eigenvalue weighted by Crippen LogP contribution is -2.26. The maximum Gasteiger partial charge on any atom is 0.167 e. The van der Waals surface area contributed by atoms with Gasteiger partial charge in [-0.25, -0.2) is 0 Å². The summed E-state index contributed by atoms with van der Waals surface area (Å²) in [5.74, 6) is 0. The van der Waals surface area contributed by atoms with Gasteiger partial charge in [-0.05, 0) is 32.6 Å². The van der Waals surface area contributed by atoms with Crippen molar-refractivity contribution in [2.75, 3.05) is 0 Å². The van der Waals surface area contributed by atoms with Crippen LogP contribution in [0.25, 0.3) is 0 Å². The lowest BCUT2D eigenvalue weighted by atomic mass is 9.92. The minimum atomic E-state index is -0.795. The first-order valence-corrected chi connectivity index (χ1v) is 7.28. The van der Waals surface area contributed by atoms with Gasteiger partial charge in [0, 0.05) is 0 Å². The molecule has 0 amide bonds. The van der Waals surface area contributed by atoms with E-state index in [9.17, 15) is 10.5 Å². The maximum atomic E-state index is 9.39. The Balaban J connectivity index is 4.92. The maximum absolute atomic E-state index is 9.39. The highest BCUT2D eigenvalue weighted by atomic mass is 15.2. The minimum absolute atomic E-state index is 0.643. The fraction of sp³-hybridized carbons (Fsp3) is 0.867. The Morgan fingerprint density at radius 3 is 2.00 bits per heavy atom. The fourth-order valence-corrected chi connectivity index (χ4v) is 1.94. The van der Waals surface area contributed by atoms with Crippen LogP contribution in [0.15, 0.2) is 10.2 Å². The van der Waals surface area contributed by atoms with Gasteiger partial charge in [0.15, 0.2) is 11.1 Å². The van der Waals surface area contributed by atoms with E-state index in [-0.39, 0.29) is 0 Å². The molecule has 0 heterocycles. The molecular formula is C15H26N4. The van der Waals surface area contributed by atoms with Crippen LogP contribution in [0.1, 0.15) is 72.6 Å². The third-order valence-corrected chi connectivity index (χ3v) is 3.43. The molecule has 0 aliphatic heterocycles. The largest absolute Gasteiger partial charge is 0.196 e. The molecule has 4 nitrogen and oxygen atoms in total. The molecular weight excluding hydrogens is 236 g/mol. The molecule has 0 rings (SSSR count). The SMILES string of the molecule is CCCCCC(C#N)(CC)/N=N/C(C)(C#N)CCC. The average molecular weight is 262 g/mol. The zero-order valence-electron chi connectivity index (χ0n) is 12.7. The predicted molar refractivity (Wildman–Crippen MR) is 76.6 cm³/mol. The number of hydrogen-bond acceptors (Lipinski definition) is 4. The summed E-state index contributed by atoms with van der Waals surface area (Å²) < 4.78 is 0. The zero-order valence-corrected chi connectivity index (χ0v) is 12.7. The van der Waals surface area contributed by atoms with Gasteiger partial charge in [-0.2, -0.15) is 20.8 Å². The molecule has 0 aromatic rings. The molecule has 0 fully saturated rings. The van der Waals surface area contributed by atoms with Gasteiger partial charge in [0.2, 0.25) is 0 Å². The van der Waals surface area contributed by atoms with Crippen LogP contribution < -0.4 is 0 Å². The van der Waals surface area contributed by atoms with E-state index in [1.807, 2.05) is 13.8 Å². The van der Waals surface area contributed by atoms with Crippen LogP contribution in [0, 0.1) is 22.7 Å². The van der Waals surface area contributed by atoms with Crippen LogP contribution in [0.2, 0.25) is 0 Å². The Hall–Kier alpha value is -1.42. The smallest absolute Gasteiger partial charge is 0.167 e. The Bertz CT molecular complexity index is 363. The summed E-state index contributed by atoms with van der Waals surface area (Å²) in [5.41, 5.74) is -1.54. The Morgan fingerprint density at radius 1 is 0.895 bits per heavy atom. The van der Waals surface area contributed by atoms with Gasteiger partial charge in [0.1, 0.15) is 0 Å². The van der Waals surface area contributed by atoms with E-state index in [4.69, 9.17) is 0 Å². The molecule has 0 radical (unpaired) electrons. The zero-order chi connectivity index (χ0) is 14.8. The van der Waals surface area contributed by atoms with Crippen LogP contribution in [0.3, 0.4) is 0 Å².